The molecule has 0 aromatic carbocycles. The molecule has 0 aliphatic carbocycles. The van der Waals surface area contributed by atoms with E-state index in [0.29, 0.717) is 30.2 Å². The highest BCUT2D eigenvalue weighted by molar-refractivity contribution is 6.33. The smallest absolute Gasteiger partial charge is 0.182 e. The van der Waals surface area contributed by atoms with Crippen LogP contribution < -0.4 is 5.73 Å². The van der Waals surface area contributed by atoms with Gasteiger partial charge >= 0.3 is 0 Å². The highest BCUT2D eigenvalue weighted by Gasteiger charge is 2.18. The third kappa shape index (κ3) is 3.06. The molecule has 0 fully saturated rings. The van der Waals surface area contributed by atoms with Gasteiger partial charge in [-0.15, -0.1) is 0 Å². The molecule has 1 atom stereocenters. The molecule has 0 radical (unpaired) electrons. The Balaban J connectivity index is 2.84. The van der Waals surface area contributed by atoms with Crippen LogP contribution in [0.1, 0.15) is 37.2 Å². The van der Waals surface area contributed by atoms with Crippen LogP contribution in [0.25, 0.3) is 0 Å². The molecule has 1 rings (SSSR count). The zero-order valence-corrected chi connectivity index (χ0v) is 10.5. The molecular formula is C11H18ClN3O. The molecule has 0 bridgehead atoms. The lowest BCUT2D eigenvalue weighted by molar-refractivity contribution is 0.0955. The summed E-state index contributed by atoms with van der Waals surface area (Å²) < 4.78 is 1.67. The molecular weight excluding hydrogens is 226 g/mol. The minimum Gasteiger partial charge on any atom is -0.330 e. The largest absolute Gasteiger partial charge is 0.330 e. The molecule has 4 nitrogen and oxygen atoms in total. The molecule has 1 aromatic heterocycles. The molecule has 0 saturated heterocycles. The third-order valence-electron chi connectivity index (χ3n) is 2.43. The number of carbonyl (C=O) groups excluding carboxylic acids is 1. The van der Waals surface area contributed by atoms with Gasteiger partial charge in [-0.1, -0.05) is 25.4 Å². The number of aromatic nitrogens is 2. The first-order valence-corrected chi connectivity index (χ1v) is 5.92. The van der Waals surface area contributed by atoms with Gasteiger partial charge in [0.05, 0.1) is 11.2 Å². The van der Waals surface area contributed by atoms with Gasteiger partial charge in [0.1, 0.15) is 5.69 Å². The maximum absolute atomic E-state index is 12.0. The predicted molar refractivity (Wildman–Crippen MR) is 64.7 cm³/mol. The molecule has 2 N–H and O–H groups in total. The molecule has 5 heteroatoms. The summed E-state index contributed by atoms with van der Waals surface area (Å²) in [5, 5.41) is 4.53. The second-order valence-electron chi connectivity index (χ2n) is 4.03. The van der Waals surface area contributed by atoms with Crippen LogP contribution in [0.5, 0.6) is 0 Å². The maximum Gasteiger partial charge on any atom is 0.182 e. The Morgan fingerprint density at radius 1 is 1.69 bits per heavy atom. The first kappa shape index (κ1) is 13.2. The van der Waals surface area contributed by atoms with Crippen molar-refractivity contribution in [1.29, 1.82) is 0 Å². The van der Waals surface area contributed by atoms with Crippen LogP contribution >= 0.6 is 11.6 Å². The Morgan fingerprint density at radius 3 is 2.94 bits per heavy atom. The van der Waals surface area contributed by atoms with Gasteiger partial charge in [-0.25, -0.2) is 0 Å². The van der Waals surface area contributed by atoms with Crippen molar-refractivity contribution >= 4 is 17.4 Å². The van der Waals surface area contributed by atoms with Gasteiger partial charge in [-0.3, -0.25) is 9.48 Å². The molecule has 0 amide bonds. The van der Waals surface area contributed by atoms with Crippen molar-refractivity contribution in [2.24, 2.45) is 11.7 Å². The van der Waals surface area contributed by atoms with Crippen molar-refractivity contribution in [3.05, 3.63) is 16.9 Å². The monoisotopic (exact) mass is 243 g/mol. The lowest BCUT2D eigenvalue weighted by Gasteiger charge is -2.09. The molecule has 1 aromatic rings. The van der Waals surface area contributed by atoms with Crippen molar-refractivity contribution in [2.75, 3.05) is 6.54 Å². The summed E-state index contributed by atoms with van der Waals surface area (Å²) in [5.41, 5.74) is 6.02. The van der Waals surface area contributed by atoms with E-state index in [2.05, 4.69) is 5.10 Å². The fourth-order valence-corrected chi connectivity index (χ4v) is 1.76. The lowest BCUT2D eigenvalue weighted by Crippen LogP contribution is -2.18. The SMILES string of the molecule is CCCn1ncc(Cl)c1C(=O)CC(C)CN. The van der Waals surface area contributed by atoms with E-state index < -0.39 is 0 Å². The summed E-state index contributed by atoms with van der Waals surface area (Å²) in [7, 11) is 0. The zero-order chi connectivity index (χ0) is 12.1. The summed E-state index contributed by atoms with van der Waals surface area (Å²) in [4.78, 5) is 12.0. The van der Waals surface area contributed by atoms with Crippen molar-refractivity contribution in [1.82, 2.24) is 9.78 Å². The summed E-state index contributed by atoms with van der Waals surface area (Å²) in [6, 6.07) is 0. The fourth-order valence-electron chi connectivity index (χ4n) is 1.52. The number of Topliss-reactive ketones (excluding diaryl/α,β-unsaturated/α-hetero) is 1. The Kier molecular flexibility index (Phi) is 4.96. The second kappa shape index (κ2) is 6.01. The average molecular weight is 244 g/mol. The molecule has 0 aliphatic rings. The molecule has 16 heavy (non-hydrogen) atoms. The topological polar surface area (TPSA) is 60.9 Å². The molecule has 0 aliphatic heterocycles. The van der Waals surface area contributed by atoms with Gasteiger partial charge in [0.15, 0.2) is 5.78 Å². The van der Waals surface area contributed by atoms with Crippen molar-refractivity contribution in [2.45, 2.75) is 33.2 Å². The van der Waals surface area contributed by atoms with Crippen LogP contribution in [0.2, 0.25) is 5.02 Å². The van der Waals surface area contributed by atoms with E-state index in [-0.39, 0.29) is 11.7 Å². The number of halogens is 1. The molecule has 90 valence electrons. The minimum absolute atomic E-state index is 0.0221. The first-order valence-electron chi connectivity index (χ1n) is 5.54. The molecule has 1 heterocycles. The third-order valence-corrected chi connectivity index (χ3v) is 2.71. The number of hydrogen-bond donors (Lipinski definition) is 1. The van der Waals surface area contributed by atoms with Gasteiger partial charge < -0.3 is 5.73 Å². The maximum atomic E-state index is 12.0. The Hall–Kier alpha value is -0.870. The Labute approximate surface area is 101 Å². The van der Waals surface area contributed by atoms with E-state index in [1.807, 2.05) is 13.8 Å². The second-order valence-corrected chi connectivity index (χ2v) is 4.44. The normalized spacial score (nSPS) is 12.8. The molecule has 0 saturated carbocycles. The predicted octanol–water partition coefficient (Wildman–Crippen LogP) is 2.11. The van der Waals surface area contributed by atoms with Crippen molar-refractivity contribution in [3.8, 4) is 0 Å². The van der Waals surface area contributed by atoms with Crippen LogP contribution in [0.15, 0.2) is 6.20 Å². The Bertz CT molecular complexity index is 362. The van der Waals surface area contributed by atoms with Gasteiger partial charge in [0.25, 0.3) is 0 Å². The lowest BCUT2D eigenvalue weighted by atomic mass is 10.0. The van der Waals surface area contributed by atoms with E-state index >= 15 is 0 Å². The van der Waals surface area contributed by atoms with Gasteiger partial charge in [-0.05, 0) is 18.9 Å². The quantitative estimate of drug-likeness (QED) is 0.779. The minimum atomic E-state index is 0.0221. The number of rotatable bonds is 6. The van der Waals surface area contributed by atoms with E-state index in [9.17, 15) is 4.79 Å². The highest BCUT2D eigenvalue weighted by Crippen LogP contribution is 2.19. The first-order chi connectivity index (χ1) is 7.60. The number of ketones is 1. The van der Waals surface area contributed by atoms with Gasteiger partial charge in [0.2, 0.25) is 0 Å². The van der Waals surface area contributed by atoms with Gasteiger partial charge in [0, 0.05) is 13.0 Å². The van der Waals surface area contributed by atoms with Crippen LogP contribution in [0.3, 0.4) is 0 Å². The van der Waals surface area contributed by atoms with Crippen molar-refractivity contribution < 1.29 is 4.79 Å². The van der Waals surface area contributed by atoms with Crippen molar-refractivity contribution in [3.63, 3.8) is 0 Å². The summed E-state index contributed by atoms with van der Waals surface area (Å²) in [5.74, 6) is 0.197. The fraction of sp³-hybridized carbons (Fsp3) is 0.636. The van der Waals surface area contributed by atoms with E-state index in [1.54, 1.807) is 4.68 Å². The zero-order valence-electron chi connectivity index (χ0n) is 9.74. The van der Waals surface area contributed by atoms with Crippen LogP contribution in [-0.4, -0.2) is 22.1 Å². The van der Waals surface area contributed by atoms with E-state index in [1.165, 1.54) is 6.20 Å². The average Bonchev–Trinajstić information content (AvgIpc) is 2.60. The van der Waals surface area contributed by atoms with E-state index in [0.717, 1.165) is 6.42 Å². The summed E-state index contributed by atoms with van der Waals surface area (Å²) in [6.45, 7) is 5.20. The summed E-state index contributed by atoms with van der Waals surface area (Å²) in [6.07, 6.45) is 2.87. The number of hydrogen-bond acceptors (Lipinski definition) is 3. The standard InChI is InChI=1S/C11H18ClN3O/c1-3-4-15-11(9(12)7-14-15)10(16)5-8(2)6-13/h7-8H,3-6,13H2,1-2H3. The molecule has 1 unspecified atom stereocenters. The number of nitrogens with zero attached hydrogens (tertiary/aromatic N) is 2. The highest BCUT2D eigenvalue weighted by atomic mass is 35.5. The van der Waals surface area contributed by atoms with Crippen LogP contribution in [0, 0.1) is 5.92 Å². The van der Waals surface area contributed by atoms with Crippen LogP contribution in [0.4, 0.5) is 0 Å². The number of nitrogens with two attached hydrogens (primary N) is 1. The van der Waals surface area contributed by atoms with Gasteiger partial charge in [-0.2, -0.15) is 5.10 Å². The van der Waals surface area contributed by atoms with Crippen LogP contribution in [-0.2, 0) is 6.54 Å². The number of carbonyl (C=O) groups is 1. The van der Waals surface area contributed by atoms with E-state index in [4.69, 9.17) is 17.3 Å². The molecule has 0 spiro atoms. The number of aryl methyl sites for hydroxylation is 1. The summed E-state index contributed by atoms with van der Waals surface area (Å²) >= 11 is 5.97. The Morgan fingerprint density at radius 2 is 2.38 bits per heavy atom.